The van der Waals surface area contributed by atoms with Gasteiger partial charge in [0.25, 0.3) is 0 Å². The van der Waals surface area contributed by atoms with Crippen LogP contribution < -0.4 is 5.32 Å². The molecule has 28 heavy (non-hydrogen) atoms. The van der Waals surface area contributed by atoms with Gasteiger partial charge in [-0.1, -0.05) is 11.6 Å². The summed E-state index contributed by atoms with van der Waals surface area (Å²) in [5.74, 6) is -1.28. The monoisotopic (exact) mass is 429 g/mol. The van der Waals surface area contributed by atoms with Crippen molar-refractivity contribution in [1.82, 2.24) is 9.21 Å². The van der Waals surface area contributed by atoms with E-state index in [4.69, 9.17) is 11.6 Å². The number of piperazine rings is 1. The van der Waals surface area contributed by atoms with Gasteiger partial charge in [-0.15, -0.1) is 0 Å². The fourth-order valence-electron chi connectivity index (χ4n) is 2.89. The van der Waals surface area contributed by atoms with E-state index in [-0.39, 0.29) is 35.5 Å². The van der Waals surface area contributed by atoms with E-state index in [1.807, 2.05) is 4.90 Å². The Morgan fingerprint density at radius 2 is 1.61 bits per heavy atom. The van der Waals surface area contributed by atoms with Crippen LogP contribution in [0.4, 0.5) is 14.5 Å². The van der Waals surface area contributed by atoms with Gasteiger partial charge < -0.3 is 5.32 Å². The van der Waals surface area contributed by atoms with Gasteiger partial charge in [-0.05, 0) is 42.5 Å². The molecule has 1 amide bonds. The van der Waals surface area contributed by atoms with Crippen molar-refractivity contribution >= 4 is 33.2 Å². The quantitative estimate of drug-likeness (QED) is 0.793. The third-order valence-corrected chi connectivity index (χ3v) is 6.72. The summed E-state index contributed by atoms with van der Waals surface area (Å²) < 4.78 is 52.7. The summed E-state index contributed by atoms with van der Waals surface area (Å²) >= 11 is 5.88. The summed E-state index contributed by atoms with van der Waals surface area (Å²) in [7, 11) is -3.84. The SMILES string of the molecule is O=C(CN1CCN(S(=O)(=O)c2ccc(F)cc2Cl)CC1)Nc1ccc(F)cc1. The van der Waals surface area contributed by atoms with E-state index < -0.39 is 21.7 Å². The predicted molar refractivity (Wildman–Crippen MR) is 102 cm³/mol. The Labute approximate surface area is 166 Å². The number of carbonyl (C=O) groups is 1. The molecule has 1 N–H and O–H groups in total. The molecule has 0 radical (unpaired) electrons. The van der Waals surface area contributed by atoms with Gasteiger partial charge in [-0.3, -0.25) is 9.69 Å². The minimum absolute atomic E-state index is 0.0859. The number of benzene rings is 2. The second-order valence-electron chi connectivity index (χ2n) is 6.31. The van der Waals surface area contributed by atoms with E-state index in [1.54, 1.807) is 0 Å². The molecule has 1 aliphatic rings. The number of amides is 1. The van der Waals surface area contributed by atoms with E-state index in [9.17, 15) is 22.0 Å². The fraction of sp³-hybridized carbons (Fsp3) is 0.278. The summed E-state index contributed by atoms with van der Waals surface area (Å²) in [6.45, 7) is 1.16. The highest BCUT2D eigenvalue weighted by atomic mass is 35.5. The first kappa shape index (κ1) is 20.7. The lowest BCUT2D eigenvalue weighted by Crippen LogP contribution is -2.50. The van der Waals surface area contributed by atoms with E-state index in [2.05, 4.69) is 5.32 Å². The van der Waals surface area contributed by atoms with Gasteiger partial charge in [0.15, 0.2) is 0 Å². The molecule has 3 rings (SSSR count). The van der Waals surface area contributed by atoms with Crippen molar-refractivity contribution < 1.29 is 22.0 Å². The number of nitrogens with zero attached hydrogens (tertiary/aromatic N) is 2. The molecule has 6 nitrogen and oxygen atoms in total. The van der Waals surface area contributed by atoms with Crippen LogP contribution in [-0.4, -0.2) is 56.3 Å². The van der Waals surface area contributed by atoms with Gasteiger partial charge in [-0.2, -0.15) is 4.31 Å². The zero-order valence-corrected chi connectivity index (χ0v) is 16.3. The number of nitrogens with one attached hydrogen (secondary N) is 1. The highest BCUT2D eigenvalue weighted by Crippen LogP contribution is 2.26. The number of anilines is 1. The minimum Gasteiger partial charge on any atom is -0.325 e. The molecule has 0 spiro atoms. The second kappa shape index (κ2) is 8.52. The number of sulfonamides is 1. The summed E-state index contributed by atoms with van der Waals surface area (Å²) in [6, 6.07) is 8.59. The Bertz CT molecular complexity index is 963. The lowest BCUT2D eigenvalue weighted by Gasteiger charge is -2.33. The van der Waals surface area contributed by atoms with E-state index in [0.717, 1.165) is 18.2 Å². The Hall–Kier alpha value is -2.07. The summed E-state index contributed by atoms with van der Waals surface area (Å²) in [5.41, 5.74) is 0.485. The molecular weight excluding hydrogens is 412 g/mol. The number of hydrogen-bond acceptors (Lipinski definition) is 4. The molecular formula is C18H18ClF2N3O3S. The van der Waals surface area contributed by atoms with Gasteiger partial charge in [-0.25, -0.2) is 17.2 Å². The predicted octanol–water partition coefficient (Wildman–Crippen LogP) is 2.56. The third-order valence-electron chi connectivity index (χ3n) is 4.34. The number of carbonyl (C=O) groups excluding carboxylic acids is 1. The normalized spacial score (nSPS) is 16.1. The van der Waals surface area contributed by atoms with Gasteiger partial charge in [0.2, 0.25) is 15.9 Å². The number of halogens is 3. The van der Waals surface area contributed by atoms with Crippen molar-refractivity contribution in [1.29, 1.82) is 0 Å². The Balaban J connectivity index is 1.56. The summed E-state index contributed by atoms with van der Waals surface area (Å²) in [5, 5.41) is 2.50. The Kier molecular flexibility index (Phi) is 6.29. The number of hydrogen-bond donors (Lipinski definition) is 1. The van der Waals surface area contributed by atoms with Gasteiger partial charge >= 0.3 is 0 Å². The van der Waals surface area contributed by atoms with Crippen molar-refractivity contribution in [3.63, 3.8) is 0 Å². The van der Waals surface area contributed by atoms with Crippen molar-refractivity contribution in [3.05, 3.63) is 59.1 Å². The van der Waals surface area contributed by atoms with Crippen molar-refractivity contribution in [2.24, 2.45) is 0 Å². The van der Waals surface area contributed by atoms with Crippen molar-refractivity contribution in [3.8, 4) is 0 Å². The average Bonchev–Trinajstić information content (AvgIpc) is 2.64. The highest BCUT2D eigenvalue weighted by molar-refractivity contribution is 7.89. The number of rotatable bonds is 5. The standard InChI is InChI=1S/C18H18ClF2N3O3S/c19-16-11-14(21)3-6-17(16)28(26,27)24-9-7-23(8-10-24)12-18(25)22-15-4-1-13(20)2-5-15/h1-6,11H,7-10,12H2,(H,22,25). The van der Waals surface area contributed by atoms with Gasteiger partial charge in [0.05, 0.1) is 11.6 Å². The lowest BCUT2D eigenvalue weighted by molar-refractivity contribution is -0.117. The molecule has 0 unspecified atom stereocenters. The fourth-order valence-corrected chi connectivity index (χ4v) is 4.82. The molecule has 0 bridgehead atoms. The first-order valence-electron chi connectivity index (χ1n) is 8.49. The summed E-state index contributed by atoms with van der Waals surface area (Å²) in [6.07, 6.45) is 0. The molecule has 0 atom stereocenters. The summed E-state index contributed by atoms with van der Waals surface area (Å²) in [4.78, 5) is 13.8. The molecule has 2 aromatic rings. The Morgan fingerprint density at radius 3 is 2.21 bits per heavy atom. The maximum absolute atomic E-state index is 13.2. The zero-order valence-electron chi connectivity index (χ0n) is 14.7. The smallest absolute Gasteiger partial charge is 0.244 e. The molecule has 0 aromatic heterocycles. The van der Waals surface area contributed by atoms with E-state index in [1.165, 1.54) is 28.6 Å². The molecule has 0 aliphatic carbocycles. The van der Waals surface area contributed by atoms with Gasteiger partial charge in [0, 0.05) is 31.9 Å². The van der Waals surface area contributed by atoms with Crippen molar-refractivity contribution in [2.45, 2.75) is 4.90 Å². The van der Waals surface area contributed by atoms with E-state index >= 15 is 0 Å². The topological polar surface area (TPSA) is 69.7 Å². The third kappa shape index (κ3) is 4.85. The van der Waals surface area contributed by atoms with Crippen LogP contribution in [0.1, 0.15) is 0 Å². The molecule has 2 aromatic carbocycles. The Morgan fingerprint density at radius 1 is 1.00 bits per heavy atom. The molecule has 1 heterocycles. The van der Waals surface area contributed by atoms with Crippen LogP contribution in [0.25, 0.3) is 0 Å². The van der Waals surface area contributed by atoms with Crippen LogP contribution in [0.5, 0.6) is 0 Å². The minimum atomic E-state index is -3.84. The first-order valence-corrected chi connectivity index (χ1v) is 10.3. The second-order valence-corrected chi connectivity index (χ2v) is 8.62. The maximum atomic E-state index is 13.2. The molecule has 0 saturated carbocycles. The van der Waals surface area contributed by atoms with Crippen LogP contribution in [0, 0.1) is 11.6 Å². The van der Waals surface area contributed by atoms with E-state index in [0.29, 0.717) is 18.8 Å². The largest absolute Gasteiger partial charge is 0.325 e. The van der Waals surface area contributed by atoms with Crippen molar-refractivity contribution in [2.75, 3.05) is 38.0 Å². The molecule has 10 heteroatoms. The molecule has 1 saturated heterocycles. The highest BCUT2D eigenvalue weighted by Gasteiger charge is 2.30. The first-order chi connectivity index (χ1) is 13.3. The van der Waals surface area contributed by atoms with Crippen LogP contribution >= 0.6 is 11.6 Å². The van der Waals surface area contributed by atoms with Crippen LogP contribution in [-0.2, 0) is 14.8 Å². The maximum Gasteiger partial charge on any atom is 0.244 e. The molecule has 150 valence electrons. The zero-order chi connectivity index (χ0) is 20.3. The van der Waals surface area contributed by atoms with Gasteiger partial charge in [0.1, 0.15) is 16.5 Å². The van der Waals surface area contributed by atoms with Crippen LogP contribution in [0.3, 0.4) is 0 Å². The van der Waals surface area contributed by atoms with Crippen LogP contribution in [0.15, 0.2) is 47.4 Å². The molecule has 1 fully saturated rings. The molecule has 1 aliphatic heterocycles. The van der Waals surface area contributed by atoms with Crippen LogP contribution in [0.2, 0.25) is 5.02 Å². The lowest BCUT2D eigenvalue weighted by atomic mass is 10.3. The average molecular weight is 430 g/mol.